The number of rotatable bonds is 5. The number of piperidine rings is 1. The fourth-order valence-corrected chi connectivity index (χ4v) is 3.36. The zero-order chi connectivity index (χ0) is 19.4. The Morgan fingerprint density at radius 3 is 2.70 bits per heavy atom. The van der Waals surface area contributed by atoms with Crippen molar-refractivity contribution in [2.24, 2.45) is 0 Å². The standard InChI is InChI=1S/C18H25N5O4/c1-12-10-13(2)20-17(19-12)27-14-4-3-7-23(11-14)16(25)6-9-22-8-5-15(24)21-18(22)26/h10,14H,3-9,11H2,1-2H3,(H,21,24,26). The van der Waals surface area contributed by atoms with Crippen molar-refractivity contribution >= 4 is 17.8 Å². The van der Waals surface area contributed by atoms with Gasteiger partial charge in [0.25, 0.3) is 0 Å². The number of hydrogen-bond acceptors (Lipinski definition) is 6. The van der Waals surface area contributed by atoms with Gasteiger partial charge in [0.05, 0.1) is 6.54 Å². The third-order valence-corrected chi connectivity index (χ3v) is 4.70. The highest BCUT2D eigenvalue weighted by molar-refractivity contribution is 5.96. The molecule has 0 bridgehead atoms. The second-order valence-corrected chi connectivity index (χ2v) is 7.00. The number of hydrogen-bond donors (Lipinski definition) is 1. The average molecular weight is 375 g/mol. The normalized spacial score (nSPS) is 20.4. The lowest BCUT2D eigenvalue weighted by Crippen LogP contribution is -2.51. The Labute approximate surface area is 158 Å². The van der Waals surface area contributed by atoms with Gasteiger partial charge in [0.2, 0.25) is 11.8 Å². The van der Waals surface area contributed by atoms with Gasteiger partial charge >= 0.3 is 12.0 Å². The molecule has 3 heterocycles. The largest absolute Gasteiger partial charge is 0.458 e. The van der Waals surface area contributed by atoms with Gasteiger partial charge in [0.1, 0.15) is 6.10 Å². The summed E-state index contributed by atoms with van der Waals surface area (Å²) in [5.41, 5.74) is 1.69. The molecule has 0 aromatic carbocycles. The molecule has 4 amide bonds. The molecule has 146 valence electrons. The van der Waals surface area contributed by atoms with E-state index in [2.05, 4.69) is 15.3 Å². The van der Waals surface area contributed by atoms with Crippen molar-refractivity contribution in [1.82, 2.24) is 25.1 Å². The summed E-state index contributed by atoms with van der Waals surface area (Å²) >= 11 is 0. The number of likely N-dealkylation sites (tertiary alicyclic amines) is 1. The van der Waals surface area contributed by atoms with Gasteiger partial charge < -0.3 is 14.5 Å². The first kappa shape index (κ1) is 19.1. The number of nitrogens with one attached hydrogen (secondary N) is 1. The third-order valence-electron chi connectivity index (χ3n) is 4.70. The Kier molecular flexibility index (Phi) is 5.88. The minimum Gasteiger partial charge on any atom is -0.458 e. The molecule has 2 fully saturated rings. The van der Waals surface area contributed by atoms with Crippen molar-refractivity contribution in [3.63, 3.8) is 0 Å². The average Bonchev–Trinajstić information content (AvgIpc) is 2.60. The summed E-state index contributed by atoms with van der Waals surface area (Å²) in [6.45, 7) is 5.61. The van der Waals surface area contributed by atoms with E-state index in [9.17, 15) is 14.4 Å². The molecule has 2 aliphatic heterocycles. The number of aromatic nitrogens is 2. The van der Waals surface area contributed by atoms with Crippen molar-refractivity contribution in [2.45, 2.75) is 45.6 Å². The van der Waals surface area contributed by atoms with E-state index in [-0.39, 0.29) is 30.8 Å². The molecule has 1 N–H and O–H groups in total. The minimum absolute atomic E-state index is 0.0191. The van der Waals surface area contributed by atoms with E-state index in [1.165, 1.54) is 4.90 Å². The quantitative estimate of drug-likeness (QED) is 0.816. The van der Waals surface area contributed by atoms with E-state index < -0.39 is 6.03 Å². The van der Waals surface area contributed by atoms with Crippen LogP contribution in [0.1, 0.15) is 37.1 Å². The Balaban J connectivity index is 1.50. The number of ether oxygens (including phenoxy) is 1. The molecule has 0 saturated carbocycles. The van der Waals surface area contributed by atoms with Crippen LogP contribution in [0.25, 0.3) is 0 Å². The van der Waals surface area contributed by atoms with E-state index in [1.807, 2.05) is 19.9 Å². The summed E-state index contributed by atoms with van der Waals surface area (Å²) in [6, 6.07) is 1.81. The number of amides is 4. The van der Waals surface area contributed by atoms with Crippen molar-refractivity contribution in [3.05, 3.63) is 17.5 Å². The summed E-state index contributed by atoms with van der Waals surface area (Å²) in [7, 11) is 0. The van der Waals surface area contributed by atoms with Gasteiger partial charge in [0.15, 0.2) is 0 Å². The lowest BCUT2D eigenvalue weighted by molar-refractivity contribution is -0.134. The molecule has 1 atom stereocenters. The summed E-state index contributed by atoms with van der Waals surface area (Å²) < 4.78 is 5.89. The van der Waals surface area contributed by atoms with Crippen LogP contribution >= 0.6 is 0 Å². The predicted molar refractivity (Wildman–Crippen MR) is 96.1 cm³/mol. The van der Waals surface area contributed by atoms with Gasteiger partial charge in [0, 0.05) is 43.9 Å². The number of carbonyl (C=O) groups excluding carboxylic acids is 3. The molecule has 27 heavy (non-hydrogen) atoms. The van der Waals surface area contributed by atoms with E-state index in [0.29, 0.717) is 32.2 Å². The number of nitrogens with zero attached hydrogens (tertiary/aromatic N) is 4. The molecule has 1 unspecified atom stereocenters. The third kappa shape index (κ3) is 5.15. The highest BCUT2D eigenvalue weighted by Gasteiger charge is 2.27. The molecule has 0 radical (unpaired) electrons. The molecule has 9 heteroatoms. The number of carbonyl (C=O) groups is 3. The minimum atomic E-state index is -0.425. The molecule has 2 saturated heterocycles. The van der Waals surface area contributed by atoms with Crippen molar-refractivity contribution < 1.29 is 19.1 Å². The molecule has 2 aliphatic rings. The molecular weight excluding hydrogens is 350 g/mol. The maximum Gasteiger partial charge on any atom is 0.324 e. The molecule has 0 aliphatic carbocycles. The van der Waals surface area contributed by atoms with Crippen LogP contribution in [0.4, 0.5) is 4.79 Å². The fourth-order valence-electron chi connectivity index (χ4n) is 3.36. The number of urea groups is 1. The highest BCUT2D eigenvalue weighted by atomic mass is 16.5. The van der Waals surface area contributed by atoms with Crippen molar-refractivity contribution in [1.29, 1.82) is 0 Å². The summed E-state index contributed by atoms with van der Waals surface area (Å²) in [5, 5.41) is 2.27. The SMILES string of the molecule is Cc1cc(C)nc(OC2CCCN(C(=O)CCN3CCC(=O)NC3=O)C2)n1. The molecule has 0 spiro atoms. The van der Waals surface area contributed by atoms with Crippen molar-refractivity contribution in [2.75, 3.05) is 26.2 Å². The zero-order valence-corrected chi connectivity index (χ0v) is 15.7. The lowest BCUT2D eigenvalue weighted by atomic mass is 10.1. The Bertz CT molecular complexity index is 718. The van der Waals surface area contributed by atoms with E-state index >= 15 is 0 Å². The van der Waals surface area contributed by atoms with Crippen molar-refractivity contribution in [3.8, 4) is 6.01 Å². The zero-order valence-electron chi connectivity index (χ0n) is 15.7. The molecule has 3 rings (SSSR count). The first-order chi connectivity index (χ1) is 12.9. The molecule has 1 aromatic rings. The number of aryl methyl sites for hydroxylation is 2. The first-order valence-corrected chi connectivity index (χ1v) is 9.26. The Morgan fingerprint density at radius 2 is 2.00 bits per heavy atom. The van der Waals surface area contributed by atoms with Gasteiger partial charge in [-0.15, -0.1) is 0 Å². The van der Waals surface area contributed by atoms with Gasteiger partial charge in [-0.3, -0.25) is 14.9 Å². The highest BCUT2D eigenvalue weighted by Crippen LogP contribution is 2.17. The lowest BCUT2D eigenvalue weighted by Gasteiger charge is -2.33. The van der Waals surface area contributed by atoms with Crippen LogP contribution in [0.5, 0.6) is 6.01 Å². The molecular formula is C18H25N5O4. The predicted octanol–water partition coefficient (Wildman–Crippen LogP) is 0.795. The van der Waals surface area contributed by atoms with Crippen LogP contribution < -0.4 is 10.1 Å². The van der Waals surface area contributed by atoms with Gasteiger partial charge in [-0.25, -0.2) is 14.8 Å². The summed E-state index contributed by atoms with van der Waals surface area (Å²) in [4.78, 5) is 47.3. The maximum absolute atomic E-state index is 12.5. The van der Waals surface area contributed by atoms with Crippen LogP contribution in [0.3, 0.4) is 0 Å². The second kappa shape index (κ2) is 8.32. The van der Waals surface area contributed by atoms with Crippen LogP contribution in [0.2, 0.25) is 0 Å². The summed E-state index contributed by atoms with van der Waals surface area (Å²) in [5.74, 6) is -0.290. The fraction of sp³-hybridized carbons (Fsp3) is 0.611. The van der Waals surface area contributed by atoms with E-state index in [4.69, 9.17) is 4.74 Å². The number of imide groups is 1. The van der Waals surface area contributed by atoms with Crippen LogP contribution in [-0.2, 0) is 9.59 Å². The maximum atomic E-state index is 12.5. The Hall–Kier alpha value is -2.71. The molecule has 9 nitrogen and oxygen atoms in total. The smallest absolute Gasteiger partial charge is 0.324 e. The molecule has 1 aromatic heterocycles. The van der Waals surface area contributed by atoms with Crippen LogP contribution in [0, 0.1) is 13.8 Å². The topological polar surface area (TPSA) is 105 Å². The monoisotopic (exact) mass is 375 g/mol. The van der Waals surface area contributed by atoms with Crippen LogP contribution in [-0.4, -0.2) is 69.9 Å². The summed E-state index contributed by atoms with van der Waals surface area (Å²) in [6.07, 6.45) is 2.06. The van der Waals surface area contributed by atoms with Crippen LogP contribution in [0.15, 0.2) is 6.07 Å². The van der Waals surface area contributed by atoms with E-state index in [1.54, 1.807) is 4.90 Å². The van der Waals surface area contributed by atoms with E-state index in [0.717, 1.165) is 24.2 Å². The Morgan fingerprint density at radius 1 is 1.26 bits per heavy atom. The van der Waals surface area contributed by atoms with Gasteiger partial charge in [-0.1, -0.05) is 0 Å². The second-order valence-electron chi connectivity index (χ2n) is 7.00. The first-order valence-electron chi connectivity index (χ1n) is 9.26. The van der Waals surface area contributed by atoms with Gasteiger partial charge in [-0.2, -0.15) is 0 Å². The van der Waals surface area contributed by atoms with Gasteiger partial charge in [-0.05, 0) is 32.8 Å².